The van der Waals surface area contributed by atoms with Crippen molar-refractivity contribution < 1.29 is 19.1 Å². The van der Waals surface area contributed by atoms with Gasteiger partial charge >= 0.3 is 0 Å². The molecule has 2 unspecified atom stereocenters. The summed E-state index contributed by atoms with van der Waals surface area (Å²) in [5.41, 5.74) is 1.82. The quantitative estimate of drug-likeness (QED) is 0.445. The zero-order valence-electron chi connectivity index (χ0n) is 19.4. The highest BCUT2D eigenvalue weighted by Crippen LogP contribution is 2.28. The van der Waals surface area contributed by atoms with Crippen LogP contribution in [0.4, 0.5) is 11.4 Å². The number of nitrogens with one attached hydrogen (secondary N) is 3. The average molecular weight is 461 g/mol. The number of nitrogens with zero attached hydrogens (tertiary/aromatic N) is 1. The highest BCUT2D eigenvalue weighted by atomic mass is 16.5. The van der Waals surface area contributed by atoms with Gasteiger partial charge in [0.15, 0.2) is 0 Å². The van der Waals surface area contributed by atoms with Gasteiger partial charge in [0.25, 0.3) is 11.8 Å². The lowest BCUT2D eigenvalue weighted by Gasteiger charge is -2.24. The minimum atomic E-state index is -0.728. The second-order valence-corrected chi connectivity index (χ2v) is 7.80. The van der Waals surface area contributed by atoms with Crippen LogP contribution >= 0.6 is 0 Å². The first-order valence-electron chi connectivity index (χ1n) is 11.0. The molecule has 3 N–H and O–H groups in total. The summed E-state index contributed by atoms with van der Waals surface area (Å²) < 4.78 is 5.40. The SMILES string of the molecule is CCC(C)C(NC(=O)c1ccccc1)C(=O)Nc1ccc(NC(=O)c2cccnc2)c(OC)c1. The Morgan fingerprint density at radius 3 is 2.32 bits per heavy atom. The molecule has 3 amide bonds. The molecule has 0 saturated carbocycles. The van der Waals surface area contributed by atoms with E-state index in [1.54, 1.807) is 60.8 Å². The summed E-state index contributed by atoms with van der Waals surface area (Å²) in [7, 11) is 1.47. The number of ether oxygens (including phenoxy) is 1. The van der Waals surface area contributed by atoms with Crippen molar-refractivity contribution in [1.29, 1.82) is 0 Å². The number of carbonyl (C=O) groups excluding carboxylic acids is 3. The van der Waals surface area contributed by atoms with Crippen LogP contribution in [0.25, 0.3) is 0 Å². The van der Waals surface area contributed by atoms with E-state index >= 15 is 0 Å². The zero-order valence-corrected chi connectivity index (χ0v) is 19.4. The number of aromatic nitrogens is 1. The first kappa shape index (κ1) is 24.4. The van der Waals surface area contributed by atoms with E-state index < -0.39 is 6.04 Å². The van der Waals surface area contributed by atoms with Crippen LogP contribution in [0.3, 0.4) is 0 Å². The summed E-state index contributed by atoms with van der Waals surface area (Å²) in [5, 5.41) is 8.47. The molecule has 2 aromatic carbocycles. The monoisotopic (exact) mass is 460 g/mol. The molecule has 1 heterocycles. The van der Waals surface area contributed by atoms with Crippen molar-refractivity contribution in [2.75, 3.05) is 17.7 Å². The van der Waals surface area contributed by atoms with Gasteiger partial charge in [0.1, 0.15) is 11.8 Å². The van der Waals surface area contributed by atoms with Crippen LogP contribution in [0.2, 0.25) is 0 Å². The second kappa shape index (κ2) is 11.6. The van der Waals surface area contributed by atoms with E-state index in [4.69, 9.17) is 4.74 Å². The molecule has 0 saturated heterocycles. The third kappa shape index (κ3) is 6.19. The van der Waals surface area contributed by atoms with Gasteiger partial charge in [-0.15, -0.1) is 0 Å². The van der Waals surface area contributed by atoms with E-state index in [1.165, 1.54) is 13.3 Å². The maximum absolute atomic E-state index is 13.1. The predicted molar refractivity (Wildman–Crippen MR) is 131 cm³/mol. The molecule has 0 aliphatic rings. The fourth-order valence-corrected chi connectivity index (χ4v) is 3.30. The summed E-state index contributed by atoms with van der Waals surface area (Å²) in [6.45, 7) is 3.87. The molecule has 0 aliphatic heterocycles. The van der Waals surface area contributed by atoms with Gasteiger partial charge in [-0.2, -0.15) is 0 Å². The molecule has 3 rings (SSSR count). The number of hydrogen-bond acceptors (Lipinski definition) is 5. The van der Waals surface area contributed by atoms with E-state index in [-0.39, 0.29) is 23.6 Å². The molecule has 3 aromatic rings. The average Bonchev–Trinajstić information content (AvgIpc) is 2.88. The van der Waals surface area contributed by atoms with Crippen LogP contribution in [-0.2, 0) is 4.79 Å². The molecular weight excluding hydrogens is 432 g/mol. The van der Waals surface area contributed by atoms with Gasteiger partial charge in [0, 0.05) is 29.7 Å². The molecule has 34 heavy (non-hydrogen) atoms. The first-order valence-corrected chi connectivity index (χ1v) is 11.0. The standard InChI is InChI=1S/C26H28N4O4/c1-4-17(2)23(30-24(31)18-9-6-5-7-10-18)26(33)28-20-12-13-21(22(15-20)34-3)29-25(32)19-11-8-14-27-16-19/h5-17,23H,4H2,1-3H3,(H,28,33)(H,29,32)(H,30,31). The Morgan fingerprint density at radius 1 is 0.941 bits per heavy atom. The number of hydrogen-bond donors (Lipinski definition) is 3. The summed E-state index contributed by atoms with van der Waals surface area (Å²) in [4.78, 5) is 42.1. The minimum absolute atomic E-state index is 0.0902. The lowest BCUT2D eigenvalue weighted by molar-refractivity contribution is -0.119. The number of anilines is 2. The number of benzene rings is 2. The number of carbonyl (C=O) groups is 3. The summed E-state index contributed by atoms with van der Waals surface area (Å²) in [6.07, 6.45) is 3.76. The predicted octanol–water partition coefficient (Wildman–Crippen LogP) is 4.13. The van der Waals surface area contributed by atoms with Gasteiger partial charge in [-0.25, -0.2) is 0 Å². The van der Waals surface area contributed by atoms with Gasteiger partial charge in [-0.3, -0.25) is 19.4 Å². The third-order valence-corrected chi connectivity index (χ3v) is 5.46. The summed E-state index contributed by atoms with van der Waals surface area (Å²) in [6, 6.07) is 16.3. The highest BCUT2D eigenvalue weighted by molar-refractivity contribution is 6.05. The second-order valence-electron chi connectivity index (χ2n) is 7.80. The fraction of sp³-hybridized carbons (Fsp3) is 0.231. The molecule has 176 valence electrons. The topological polar surface area (TPSA) is 109 Å². The van der Waals surface area contributed by atoms with Crippen LogP contribution in [0.15, 0.2) is 73.1 Å². The van der Waals surface area contributed by atoms with Gasteiger partial charge in [0.2, 0.25) is 5.91 Å². The van der Waals surface area contributed by atoms with E-state index in [1.807, 2.05) is 19.9 Å². The Hall–Kier alpha value is -4.20. The smallest absolute Gasteiger partial charge is 0.257 e. The number of pyridine rings is 1. The molecule has 0 radical (unpaired) electrons. The van der Waals surface area contributed by atoms with E-state index in [9.17, 15) is 14.4 Å². The number of rotatable bonds is 9. The lowest BCUT2D eigenvalue weighted by Crippen LogP contribution is -2.47. The van der Waals surface area contributed by atoms with Gasteiger partial charge < -0.3 is 20.7 Å². The maximum Gasteiger partial charge on any atom is 0.257 e. The van der Waals surface area contributed by atoms with Crippen LogP contribution in [0, 0.1) is 5.92 Å². The van der Waals surface area contributed by atoms with Crippen LogP contribution < -0.4 is 20.7 Å². The van der Waals surface area contributed by atoms with E-state index in [2.05, 4.69) is 20.9 Å². The fourth-order valence-electron chi connectivity index (χ4n) is 3.30. The molecule has 8 nitrogen and oxygen atoms in total. The summed E-state index contributed by atoms with van der Waals surface area (Å²) >= 11 is 0. The number of methoxy groups -OCH3 is 1. The Morgan fingerprint density at radius 2 is 1.68 bits per heavy atom. The number of amides is 3. The molecule has 0 spiro atoms. The normalized spacial score (nSPS) is 12.2. The Kier molecular flexibility index (Phi) is 8.34. The minimum Gasteiger partial charge on any atom is -0.494 e. The maximum atomic E-state index is 13.1. The largest absolute Gasteiger partial charge is 0.494 e. The van der Waals surface area contributed by atoms with Crippen LogP contribution in [0.5, 0.6) is 5.75 Å². The van der Waals surface area contributed by atoms with Crippen molar-refractivity contribution in [1.82, 2.24) is 10.3 Å². The first-order chi connectivity index (χ1) is 16.4. The molecule has 0 fully saturated rings. The Bertz CT molecular complexity index is 1140. The van der Waals surface area contributed by atoms with Crippen molar-refractivity contribution >= 4 is 29.1 Å². The van der Waals surface area contributed by atoms with E-state index in [0.717, 1.165) is 0 Å². The molecule has 2 atom stereocenters. The zero-order chi connectivity index (χ0) is 24.5. The van der Waals surface area contributed by atoms with Crippen molar-refractivity contribution in [2.24, 2.45) is 5.92 Å². The van der Waals surface area contributed by atoms with E-state index in [0.29, 0.717) is 34.7 Å². The lowest BCUT2D eigenvalue weighted by atomic mass is 9.97. The Labute approximate surface area is 198 Å². The molecule has 1 aromatic heterocycles. The van der Waals surface area contributed by atoms with Crippen molar-refractivity contribution in [3.8, 4) is 5.75 Å². The molecule has 0 aliphatic carbocycles. The molecule has 8 heteroatoms. The van der Waals surface area contributed by atoms with Crippen LogP contribution in [0.1, 0.15) is 41.0 Å². The van der Waals surface area contributed by atoms with Gasteiger partial charge in [-0.05, 0) is 42.3 Å². The van der Waals surface area contributed by atoms with Gasteiger partial charge in [0.05, 0.1) is 18.4 Å². The molecular formula is C26H28N4O4. The third-order valence-electron chi connectivity index (χ3n) is 5.46. The highest BCUT2D eigenvalue weighted by Gasteiger charge is 2.26. The summed E-state index contributed by atoms with van der Waals surface area (Å²) in [5.74, 6) is -0.695. The molecule has 0 bridgehead atoms. The van der Waals surface area contributed by atoms with Crippen molar-refractivity contribution in [2.45, 2.75) is 26.3 Å². The van der Waals surface area contributed by atoms with Crippen LogP contribution in [-0.4, -0.2) is 35.9 Å². The van der Waals surface area contributed by atoms with Gasteiger partial charge in [-0.1, -0.05) is 38.5 Å². The van der Waals surface area contributed by atoms with Crippen molar-refractivity contribution in [3.05, 3.63) is 84.2 Å². The Balaban J connectivity index is 1.73. The van der Waals surface area contributed by atoms with Crippen molar-refractivity contribution in [3.63, 3.8) is 0 Å².